The molecule has 0 amide bonds. The van der Waals surface area contributed by atoms with Crippen molar-refractivity contribution in [2.24, 2.45) is 0 Å². The Labute approximate surface area is 299 Å². The van der Waals surface area contributed by atoms with E-state index in [2.05, 4.69) is 0 Å². The first-order valence-electron chi connectivity index (χ1n) is 23.6. The Morgan fingerprint density at radius 2 is 0.809 bits per heavy atom. The van der Waals surface area contributed by atoms with Gasteiger partial charge in [-0.3, -0.25) is 0 Å². The van der Waals surface area contributed by atoms with E-state index in [1.54, 1.807) is 54.6 Å². The second kappa shape index (κ2) is 11.3. The van der Waals surface area contributed by atoms with Gasteiger partial charge >= 0.3 is 0 Å². The van der Waals surface area contributed by atoms with Crippen molar-refractivity contribution in [3.8, 4) is 55.8 Å². The molecule has 47 heavy (non-hydrogen) atoms. The van der Waals surface area contributed by atoms with Crippen LogP contribution in [-0.4, -0.2) is 0 Å². The van der Waals surface area contributed by atoms with E-state index in [0.717, 1.165) is 0 Å². The summed E-state index contributed by atoms with van der Waals surface area (Å²) >= 11 is 0. The van der Waals surface area contributed by atoms with Gasteiger partial charge in [0.05, 0.1) is 24.7 Å². The average molecular weight is 617 g/mol. The van der Waals surface area contributed by atoms with Gasteiger partial charge in [0.1, 0.15) is 11.3 Å². The summed E-state index contributed by atoms with van der Waals surface area (Å²) in [5.74, 6) is 0.0683. The Morgan fingerprint density at radius 3 is 1.40 bits per heavy atom. The first-order chi connectivity index (χ1) is 30.8. The maximum atomic E-state index is 9.54. The zero-order valence-electron chi connectivity index (χ0n) is 42.3. The molecular formula is C46H30O. The Kier molecular flexibility index (Phi) is 3.49. The molecule has 0 unspecified atom stereocenters. The average Bonchev–Trinajstić information content (AvgIpc) is 3.70. The molecule has 1 heteroatoms. The van der Waals surface area contributed by atoms with Crippen molar-refractivity contribution in [1.82, 2.24) is 0 Å². The van der Waals surface area contributed by atoms with Crippen LogP contribution in [0, 0.1) is 0 Å². The second-order valence-electron chi connectivity index (χ2n) is 10.7. The van der Waals surface area contributed by atoms with Gasteiger partial charge in [0.15, 0.2) is 0 Å². The largest absolute Gasteiger partial charge is 0.455 e. The third-order valence-electron chi connectivity index (χ3n) is 8.07. The molecule has 0 N–H and O–H groups in total. The standard InChI is InChI=1S/C46H30O/c1-3-15-31(16-4-1)33-19-13-21-35(29-33)43-37-23-7-9-25-39(37)44(40-26-10-8-24-38(40)43)45-41-27-11-12-28-42(41)47-46(45)36-22-14-20-34(30-36)32-17-5-2-6-18-32/h1-30H/i1D,2D,3D,4D,5D,6D,7D,8D,9D,10D,15D,16D,17D,18D,23D,24D,25D,26D. The SMILES string of the molecule is [2H]c1c([2H])c([2H])c(-c2cccc(-c3oc4ccccc4c3-c3c4c([2H])c([2H])c([2H])c([2H])c4c(-c4cccc(-c5c([2H])c([2H])c([2H])c([2H])c5[2H])c4)c4c([2H])c([2H])c([2H])c([2H])c34)c2)c([2H])c1[2H]. The maximum Gasteiger partial charge on any atom is 0.143 e. The summed E-state index contributed by atoms with van der Waals surface area (Å²) < 4.78 is 165. The Balaban J connectivity index is 1.48. The third-order valence-corrected chi connectivity index (χ3v) is 8.07. The number of fused-ring (bicyclic) bond motifs is 3. The number of hydrogen-bond acceptors (Lipinski definition) is 1. The molecule has 8 aromatic carbocycles. The highest BCUT2D eigenvalue weighted by Crippen LogP contribution is 2.49. The number of benzene rings is 8. The Hall–Kier alpha value is -6.18. The van der Waals surface area contributed by atoms with Crippen LogP contribution in [0.4, 0.5) is 0 Å². The van der Waals surface area contributed by atoms with E-state index >= 15 is 0 Å². The van der Waals surface area contributed by atoms with Gasteiger partial charge in [-0.25, -0.2) is 0 Å². The molecule has 0 atom stereocenters. The highest BCUT2D eigenvalue weighted by Gasteiger charge is 2.24. The van der Waals surface area contributed by atoms with Gasteiger partial charge in [-0.15, -0.1) is 0 Å². The minimum atomic E-state index is -0.653. The molecular weight excluding hydrogens is 569 g/mol. The van der Waals surface area contributed by atoms with Crippen LogP contribution in [0.2, 0.25) is 0 Å². The van der Waals surface area contributed by atoms with Crippen LogP contribution in [0.15, 0.2) is 186 Å². The molecule has 0 spiro atoms. The van der Waals surface area contributed by atoms with Crippen LogP contribution in [-0.2, 0) is 0 Å². The van der Waals surface area contributed by atoms with Gasteiger partial charge in [-0.2, -0.15) is 0 Å². The molecule has 220 valence electrons. The van der Waals surface area contributed by atoms with Gasteiger partial charge in [0.25, 0.3) is 0 Å². The summed E-state index contributed by atoms with van der Waals surface area (Å²) in [6.07, 6.45) is 0. The first-order valence-corrected chi connectivity index (χ1v) is 14.6. The Bertz CT molecular complexity index is 3460. The first kappa shape index (κ1) is 14.5. The predicted octanol–water partition coefficient (Wildman–Crippen LogP) is 13.1. The van der Waals surface area contributed by atoms with E-state index < -0.39 is 109 Å². The van der Waals surface area contributed by atoms with E-state index in [0.29, 0.717) is 10.9 Å². The molecule has 0 bridgehead atoms. The maximum absolute atomic E-state index is 9.54. The quantitative estimate of drug-likeness (QED) is 0.175. The zero-order chi connectivity index (χ0) is 46.8. The monoisotopic (exact) mass is 616 g/mol. The molecule has 0 saturated carbocycles. The topological polar surface area (TPSA) is 13.1 Å². The van der Waals surface area contributed by atoms with Crippen molar-refractivity contribution < 1.29 is 29.1 Å². The summed E-state index contributed by atoms with van der Waals surface area (Å²) in [5.41, 5.74) is 0.919. The predicted molar refractivity (Wildman–Crippen MR) is 198 cm³/mol. The van der Waals surface area contributed by atoms with E-state index in [1.165, 1.54) is 18.2 Å². The number of para-hydroxylation sites is 1. The van der Waals surface area contributed by atoms with Crippen LogP contribution < -0.4 is 0 Å². The summed E-state index contributed by atoms with van der Waals surface area (Å²) in [4.78, 5) is 0. The molecule has 0 aliphatic rings. The number of hydrogen-bond donors (Lipinski definition) is 0. The third kappa shape index (κ3) is 4.64. The van der Waals surface area contributed by atoms with E-state index in [4.69, 9.17) is 23.6 Å². The van der Waals surface area contributed by atoms with Crippen molar-refractivity contribution in [2.45, 2.75) is 0 Å². The van der Waals surface area contributed by atoms with Crippen molar-refractivity contribution >= 4 is 32.5 Å². The lowest BCUT2D eigenvalue weighted by atomic mass is 9.84. The van der Waals surface area contributed by atoms with Gasteiger partial charge in [0, 0.05) is 22.1 Å². The summed E-state index contributed by atoms with van der Waals surface area (Å²) in [5, 5.41) is -0.205. The normalized spacial score (nSPS) is 16.8. The highest BCUT2D eigenvalue weighted by atomic mass is 16.3. The van der Waals surface area contributed by atoms with Gasteiger partial charge in [-0.05, 0) is 73.1 Å². The van der Waals surface area contributed by atoms with Gasteiger partial charge in [0.2, 0.25) is 0 Å². The highest BCUT2D eigenvalue weighted by molar-refractivity contribution is 6.25. The number of furan rings is 1. The lowest BCUT2D eigenvalue weighted by molar-refractivity contribution is 0.632. The lowest BCUT2D eigenvalue weighted by Gasteiger charge is -2.18. The second-order valence-corrected chi connectivity index (χ2v) is 10.7. The van der Waals surface area contributed by atoms with Gasteiger partial charge < -0.3 is 4.42 Å². The number of rotatable bonds is 5. The lowest BCUT2D eigenvalue weighted by Crippen LogP contribution is -1.92. The van der Waals surface area contributed by atoms with Crippen molar-refractivity contribution in [2.75, 3.05) is 0 Å². The van der Waals surface area contributed by atoms with Gasteiger partial charge in [-0.1, -0.05) is 163 Å². The Morgan fingerprint density at radius 1 is 0.340 bits per heavy atom. The van der Waals surface area contributed by atoms with Crippen molar-refractivity contribution in [3.63, 3.8) is 0 Å². The zero-order valence-corrected chi connectivity index (χ0v) is 24.3. The van der Waals surface area contributed by atoms with Crippen LogP contribution in [0.25, 0.3) is 88.3 Å². The fraction of sp³-hybridized carbons (Fsp3) is 0. The summed E-state index contributed by atoms with van der Waals surface area (Å²) in [6.45, 7) is 0. The minimum Gasteiger partial charge on any atom is -0.455 e. The molecule has 0 aliphatic heterocycles. The van der Waals surface area contributed by atoms with Crippen molar-refractivity contribution in [1.29, 1.82) is 0 Å². The molecule has 0 saturated heterocycles. The smallest absolute Gasteiger partial charge is 0.143 e. The van der Waals surface area contributed by atoms with Crippen LogP contribution >= 0.6 is 0 Å². The summed E-state index contributed by atoms with van der Waals surface area (Å²) in [6, 6.07) is 8.87. The van der Waals surface area contributed by atoms with Crippen LogP contribution in [0.1, 0.15) is 24.7 Å². The van der Waals surface area contributed by atoms with Crippen LogP contribution in [0.3, 0.4) is 0 Å². The van der Waals surface area contributed by atoms with E-state index in [-0.39, 0.29) is 77.4 Å². The minimum absolute atomic E-state index is 0.0345. The molecule has 0 radical (unpaired) electrons. The molecule has 1 nitrogen and oxygen atoms in total. The fourth-order valence-corrected chi connectivity index (χ4v) is 6.10. The molecule has 9 rings (SSSR count). The fourth-order valence-electron chi connectivity index (χ4n) is 6.10. The van der Waals surface area contributed by atoms with E-state index in [1.807, 2.05) is 0 Å². The molecule has 0 aliphatic carbocycles. The molecule has 9 aromatic rings. The molecule has 1 heterocycles. The van der Waals surface area contributed by atoms with E-state index in [9.17, 15) is 5.48 Å². The molecule has 1 aromatic heterocycles. The molecule has 0 fully saturated rings. The van der Waals surface area contributed by atoms with Crippen molar-refractivity contribution in [3.05, 3.63) is 182 Å². The summed E-state index contributed by atoms with van der Waals surface area (Å²) in [7, 11) is 0. The van der Waals surface area contributed by atoms with Crippen LogP contribution in [0.5, 0.6) is 0 Å².